The lowest BCUT2D eigenvalue weighted by molar-refractivity contribution is 0.332. The van der Waals surface area contributed by atoms with Crippen molar-refractivity contribution in [3.8, 4) is 0 Å². The molecule has 0 saturated heterocycles. The van der Waals surface area contributed by atoms with Gasteiger partial charge >= 0.3 is 0 Å². The smallest absolute Gasteiger partial charge is 0.115 e. The molecule has 0 spiro atoms. The molecule has 1 unspecified atom stereocenters. The van der Waals surface area contributed by atoms with Crippen molar-refractivity contribution in [3.63, 3.8) is 0 Å². The minimum atomic E-state index is -0.483. The molecule has 0 radical (unpaired) electrons. The highest BCUT2D eigenvalue weighted by Crippen LogP contribution is 2.32. The molecule has 2 aromatic rings. The number of rotatable bonds is 13. The van der Waals surface area contributed by atoms with Crippen LogP contribution in [0.1, 0.15) is 58.7 Å². The van der Waals surface area contributed by atoms with Crippen molar-refractivity contribution in [1.29, 1.82) is 0 Å². The van der Waals surface area contributed by atoms with Crippen LogP contribution in [0.25, 0.3) is 5.70 Å². The maximum absolute atomic E-state index is 12.9. The van der Waals surface area contributed by atoms with Crippen molar-refractivity contribution in [1.82, 2.24) is 10.2 Å². The Morgan fingerprint density at radius 2 is 1.86 bits per heavy atom. The van der Waals surface area contributed by atoms with Crippen LogP contribution in [0.2, 0.25) is 0 Å². The predicted octanol–water partition coefficient (Wildman–Crippen LogP) is 9.62. The van der Waals surface area contributed by atoms with E-state index >= 15 is 0 Å². The lowest BCUT2D eigenvalue weighted by Gasteiger charge is -2.33. The van der Waals surface area contributed by atoms with Crippen LogP contribution in [0.3, 0.4) is 0 Å². The topological polar surface area (TPSA) is 35.5 Å². The van der Waals surface area contributed by atoms with Crippen molar-refractivity contribution in [3.05, 3.63) is 148 Å². The number of aliphatic hydroxyl groups is 1. The van der Waals surface area contributed by atoms with E-state index in [1.54, 1.807) is 6.08 Å². The summed E-state index contributed by atoms with van der Waals surface area (Å²) in [6.07, 6.45) is 9.77. The van der Waals surface area contributed by atoms with Gasteiger partial charge in [0.1, 0.15) is 11.6 Å². The first-order chi connectivity index (χ1) is 19.9. The van der Waals surface area contributed by atoms with Crippen LogP contribution in [-0.2, 0) is 19.4 Å². The number of nitrogens with one attached hydrogen (secondary N) is 1. The molecule has 1 atom stereocenters. The highest BCUT2D eigenvalue weighted by atomic mass is 35.5. The fourth-order valence-corrected chi connectivity index (χ4v) is 5.86. The number of aryl methyl sites for hydroxylation is 2. The van der Waals surface area contributed by atoms with Crippen LogP contribution >= 0.6 is 11.6 Å². The van der Waals surface area contributed by atoms with Gasteiger partial charge in [-0.05, 0) is 85.6 Å². The van der Waals surface area contributed by atoms with E-state index in [1.165, 1.54) is 28.3 Å². The minimum Gasteiger partial charge on any atom is -0.511 e. The molecular weight excluding hydrogens is 543 g/mol. The third-order valence-corrected chi connectivity index (χ3v) is 8.17. The summed E-state index contributed by atoms with van der Waals surface area (Å²) in [5.41, 5.74) is 11.1. The van der Waals surface area contributed by atoms with Gasteiger partial charge in [-0.3, -0.25) is 0 Å². The Kier molecular flexibility index (Phi) is 11.6. The molecule has 3 rings (SSSR count). The van der Waals surface area contributed by atoms with Crippen molar-refractivity contribution in [2.24, 2.45) is 0 Å². The van der Waals surface area contributed by atoms with E-state index in [4.69, 9.17) is 11.6 Å². The van der Waals surface area contributed by atoms with Gasteiger partial charge < -0.3 is 15.3 Å². The van der Waals surface area contributed by atoms with Gasteiger partial charge in [0.05, 0.1) is 6.04 Å². The van der Waals surface area contributed by atoms with Crippen LogP contribution in [0.5, 0.6) is 0 Å². The molecular formula is C37H44ClFN2O. The van der Waals surface area contributed by atoms with Crippen LogP contribution in [-0.4, -0.2) is 22.6 Å². The molecule has 2 N–H and O–H groups in total. The molecule has 0 amide bonds. The summed E-state index contributed by atoms with van der Waals surface area (Å²) in [7, 11) is 0. The average Bonchev–Trinajstić information content (AvgIpc) is 2.92. The van der Waals surface area contributed by atoms with Crippen molar-refractivity contribution >= 4 is 17.3 Å². The summed E-state index contributed by atoms with van der Waals surface area (Å²) in [6, 6.07) is 10.2. The maximum Gasteiger partial charge on any atom is 0.115 e. The van der Waals surface area contributed by atoms with E-state index in [9.17, 15) is 9.50 Å². The molecule has 0 aromatic heterocycles. The molecule has 1 aliphatic heterocycles. The predicted molar refractivity (Wildman–Crippen MR) is 178 cm³/mol. The summed E-state index contributed by atoms with van der Waals surface area (Å²) in [5, 5.41) is 14.5. The Labute approximate surface area is 256 Å². The summed E-state index contributed by atoms with van der Waals surface area (Å²) in [4.78, 5) is 2.28. The van der Waals surface area contributed by atoms with Gasteiger partial charge in [-0.25, -0.2) is 4.39 Å². The van der Waals surface area contributed by atoms with E-state index in [0.717, 1.165) is 59.6 Å². The Bertz CT molecular complexity index is 1460. The molecule has 222 valence electrons. The normalized spacial score (nSPS) is 14.5. The monoisotopic (exact) mass is 586 g/mol. The molecule has 5 heteroatoms. The van der Waals surface area contributed by atoms with Gasteiger partial charge in [-0.1, -0.05) is 92.9 Å². The molecule has 1 heterocycles. The summed E-state index contributed by atoms with van der Waals surface area (Å²) < 4.78 is 12.9. The second-order valence-electron chi connectivity index (χ2n) is 11.0. The van der Waals surface area contributed by atoms with E-state index < -0.39 is 5.83 Å². The zero-order valence-electron chi connectivity index (χ0n) is 25.5. The number of hydrogen-bond donors (Lipinski definition) is 2. The van der Waals surface area contributed by atoms with Gasteiger partial charge in [0.15, 0.2) is 0 Å². The highest BCUT2D eigenvalue weighted by molar-refractivity contribution is 6.30. The van der Waals surface area contributed by atoms with Crippen LogP contribution in [0.4, 0.5) is 4.39 Å². The summed E-state index contributed by atoms with van der Waals surface area (Å²) in [5.74, 6) is -0.388. The van der Waals surface area contributed by atoms with E-state index in [0.29, 0.717) is 17.9 Å². The second kappa shape index (κ2) is 14.9. The number of allylic oxidation sites excluding steroid dienone is 7. The van der Waals surface area contributed by atoms with Crippen LogP contribution < -0.4 is 5.32 Å². The fraction of sp³-hybridized carbons (Fsp3) is 0.297. The quantitative estimate of drug-likeness (QED) is 0.181. The Hall–Kier alpha value is -3.76. The van der Waals surface area contributed by atoms with Gasteiger partial charge in [0.2, 0.25) is 0 Å². The maximum atomic E-state index is 12.9. The van der Waals surface area contributed by atoms with Gasteiger partial charge in [0.25, 0.3) is 0 Å². The number of nitrogens with zero attached hydrogens (tertiary/aromatic N) is 1. The summed E-state index contributed by atoms with van der Waals surface area (Å²) in [6.45, 7) is 25.8. The van der Waals surface area contributed by atoms with Crippen molar-refractivity contribution in [2.75, 3.05) is 6.54 Å². The Morgan fingerprint density at radius 1 is 1.12 bits per heavy atom. The zero-order valence-corrected chi connectivity index (χ0v) is 26.3. The van der Waals surface area contributed by atoms with Gasteiger partial charge in [0, 0.05) is 41.5 Å². The average molecular weight is 587 g/mol. The fourth-order valence-electron chi connectivity index (χ4n) is 5.57. The molecule has 0 aliphatic carbocycles. The van der Waals surface area contributed by atoms with Gasteiger partial charge in [-0.2, -0.15) is 0 Å². The molecule has 2 aromatic carbocycles. The lowest BCUT2D eigenvalue weighted by atomic mass is 9.87. The number of hydrogen-bond acceptors (Lipinski definition) is 3. The minimum absolute atomic E-state index is 0.0950. The van der Waals surface area contributed by atoms with Crippen LogP contribution in [0.15, 0.2) is 109 Å². The number of aliphatic hydroxyl groups excluding tert-OH is 1. The molecule has 0 saturated carbocycles. The lowest BCUT2D eigenvalue weighted by Crippen LogP contribution is -2.33. The van der Waals surface area contributed by atoms with Crippen LogP contribution in [0, 0.1) is 20.8 Å². The van der Waals surface area contributed by atoms with Crippen molar-refractivity contribution < 1.29 is 9.50 Å². The first-order valence-electron chi connectivity index (χ1n) is 14.4. The molecule has 1 aliphatic rings. The third kappa shape index (κ3) is 8.62. The largest absolute Gasteiger partial charge is 0.511 e. The SMILES string of the molecule is C=C(F)C=CC/C(Cl)=C(/C=C/C(=C)N1CCc2c(cc(C)c(C(=C)NC(Cc3cccc(C)c3)C(=C)O)c2C)C1)CC. The first-order valence-corrected chi connectivity index (χ1v) is 14.8. The molecule has 3 nitrogen and oxygen atoms in total. The Balaban J connectivity index is 1.75. The Morgan fingerprint density at radius 3 is 2.50 bits per heavy atom. The molecule has 0 fully saturated rings. The molecule has 42 heavy (non-hydrogen) atoms. The zero-order chi connectivity index (χ0) is 31.0. The van der Waals surface area contributed by atoms with Gasteiger partial charge in [-0.15, -0.1) is 0 Å². The van der Waals surface area contributed by atoms with E-state index in [2.05, 4.69) is 81.6 Å². The highest BCUT2D eigenvalue weighted by Gasteiger charge is 2.23. The van der Waals surface area contributed by atoms with E-state index in [1.807, 2.05) is 25.1 Å². The number of fused-ring (bicyclic) bond motifs is 1. The first kappa shape index (κ1) is 32.8. The third-order valence-electron chi connectivity index (χ3n) is 7.78. The van der Waals surface area contributed by atoms with E-state index in [-0.39, 0.29) is 11.8 Å². The summed E-state index contributed by atoms with van der Waals surface area (Å²) >= 11 is 6.49. The van der Waals surface area contributed by atoms with Crippen molar-refractivity contribution in [2.45, 2.75) is 66.0 Å². The number of halogens is 2. The second-order valence-corrected chi connectivity index (χ2v) is 11.5. The number of benzene rings is 2. The standard InChI is InChI=1S/C37H44ClFN2O/c1-9-32(35(38)15-11-13-26(4)39)17-16-27(5)41-19-18-34-28(6)37(25(3)21-33(34)23-41)29(7)40-36(30(8)42)22-31-14-10-12-24(2)20-31/h10-14,16-17,20-21,36,40,42H,4-5,7-9,15,18-19,22-23H2,1-3,6H3/b13-11?,17-16+,35-32-. The molecule has 0 bridgehead atoms.